The molecule has 0 aliphatic carbocycles. The van der Waals surface area contributed by atoms with Gasteiger partial charge in [0.25, 0.3) is 0 Å². The second-order valence-corrected chi connectivity index (χ2v) is 8.39. The number of carbonyl (C=O) groups is 1. The van der Waals surface area contributed by atoms with Crippen molar-refractivity contribution < 1.29 is 13.9 Å². The van der Waals surface area contributed by atoms with E-state index in [0.717, 1.165) is 37.3 Å². The van der Waals surface area contributed by atoms with E-state index in [1.807, 2.05) is 30.9 Å². The van der Waals surface area contributed by atoms with Crippen molar-refractivity contribution in [3.05, 3.63) is 35.6 Å². The minimum Gasteiger partial charge on any atom is -0.381 e. The van der Waals surface area contributed by atoms with Gasteiger partial charge in [0.2, 0.25) is 5.91 Å². The Morgan fingerprint density at radius 2 is 1.97 bits per heavy atom. The highest BCUT2D eigenvalue weighted by Crippen LogP contribution is 2.34. The van der Waals surface area contributed by atoms with Crippen LogP contribution in [0.2, 0.25) is 0 Å². The SMILES string of the molecule is CN=C(NCC1(c2ccc(F)cc2)CCOCC1)NC1CCN(C(=O)C(C)C)C1.I. The fourth-order valence-electron chi connectivity index (χ4n) is 4.22. The molecule has 2 fully saturated rings. The van der Waals surface area contributed by atoms with Gasteiger partial charge in [0.05, 0.1) is 0 Å². The van der Waals surface area contributed by atoms with Crippen LogP contribution in [-0.2, 0) is 14.9 Å². The quantitative estimate of drug-likeness (QED) is 0.348. The molecule has 168 valence electrons. The Hall–Kier alpha value is -1.42. The maximum atomic E-state index is 13.4. The Bertz CT molecular complexity index is 720. The predicted octanol–water partition coefficient (Wildman–Crippen LogP) is 2.91. The number of likely N-dealkylation sites (tertiary alicyclic amines) is 1. The molecule has 1 unspecified atom stereocenters. The average Bonchev–Trinajstić information content (AvgIpc) is 3.20. The van der Waals surface area contributed by atoms with Crippen LogP contribution in [-0.4, -0.2) is 62.7 Å². The van der Waals surface area contributed by atoms with Crippen molar-refractivity contribution >= 4 is 35.8 Å². The summed E-state index contributed by atoms with van der Waals surface area (Å²) in [4.78, 5) is 18.5. The standard InChI is InChI=1S/C22H33FN4O2.HI/c1-16(2)20(28)27-11-8-19(14-27)26-21(24-3)25-15-22(9-12-29-13-10-22)17-4-6-18(23)7-5-17;/h4-7,16,19H,8-15H2,1-3H3,(H2,24,25,26);1H. The van der Waals surface area contributed by atoms with Crippen LogP contribution in [0.1, 0.15) is 38.7 Å². The third-order valence-electron chi connectivity index (χ3n) is 6.06. The van der Waals surface area contributed by atoms with Gasteiger partial charge in [-0.25, -0.2) is 4.39 Å². The van der Waals surface area contributed by atoms with Crippen LogP contribution in [0.5, 0.6) is 0 Å². The van der Waals surface area contributed by atoms with E-state index in [2.05, 4.69) is 15.6 Å². The minimum atomic E-state index is -0.219. The van der Waals surface area contributed by atoms with Gasteiger partial charge in [-0.05, 0) is 37.0 Å². The largest absolute Gasteiger partial charge is 0.381 e. The number of guanidine groups is 1. The zero-order valence-corrected chi connectivity index (χ0v) is 20.4. The molecule has 3 rings (SSSR count). The molecule has 6 nitrogen and oxygen atoms in total. The van der Waals surface area contributed by atoms with Crippen LogP contribution in [0.4, 0.5) is 4.39 Å². The summed E-state index contributed by atoms with van der Waals surface area (Å²) in [7, 11) is 1.76. The van der Waals surface area contributed by atoms with Gasteiger partial charge in [-0.2, -0.15) is 0 Å². The first-order valence-corrected chi connectivity index (χ1v) is 10.5. The number of rotatable bonds is 5. The number of hydrogen-bond donors (Lipinski definition) is 2. The second kappa shape index (κ2) is 11.3. The summed E-state index contributed by atoms with van der Waals surface area (Å²) in [5.74, 6) is 0.745. The van der Waals surface area contributed by atoms with E-state index in [-0.39, 0.29) is 53.1 Å². The number of nitrogens with zero attached hydrogens (tertiary/aromatic N) is 2. The number of halogens is 2. The first-order chi connectivity index (χ1) is 13.9. The van der Waals surface area contributed by atoms with E-state index in [9.17, 15) is 9.18 Å². The van der Waals surface area contributed by atoms with Gasteiger partial charge in [0.1, 0.15) is 5.82 Å². The molecule has 8 heteroatoms. The molecule has 1 aromatic rings. The van der Waals surface area contributed by atoms with Crippen LogP contribution in [0, 0.1) is 11.7 Å². The molecule has 0 saturated carbocycles. The van der Waals surface area contributed by atoms with E-state index < -0.39 is 0 Å². The molecule has 30 heavy (non-hydrogen) atoms. The number of ether oxygens (including phenoxy) is 1. The average molecular weight is 532 g/mol. The van der Waals surface area contributed by atoms with Gasteiger partial charge < -0.3 is 20.3 Å². The molecule has 1 aromatic carbocycles. The highest BCUT2D eigenvalue weighted by Gasteiger charge is 2.35. The summed E-state index contributed by atoms with van der Waals surface area (Å²) in [5, 5.41) is 6.93. The third-order valence-corrected chi connectivity index (χ3v) is 6.06. The zero-order chi connectivity index (χ0) is 20.9. The molecule has 2 heterocycles. The zero-order valence-electron chi connectivity index (χ0n) is 18.1. The Kier molecular flexibility index (Phi) is 9.33. The summed E-state index contributed by atoms with van der Waals surface area (Å²) < 4.78 is 19.0. The molecular weight excluding hydrogens is 498 g/mol. The van der Waals surface area contributed by atoms with Crippen LogP contribution in [0.15, 0.2) is 29.3 Å². The van der Waals surface area contributed by atoms with Crippen LogP contribution in [0.3, 0.4) is 0 Å². The fourth-order valence-corrected chi connectivity index (χ4v) is 4.22. The Labute approximate surface area is 196 Å². The lowest BCUT2D eigenvalue weighted by atomic mass is 9.74. The van der Waals surface area contributed by atoms with Gasteiger partial charge in [-0.1, -0.05) is 26.0 Å². The molecule has 0 spiro atoms. The number of benzene rings is 1. The lowest BCUT2D eigenvalue weighted by Crippen LogP contribution is -2.50. The van der Waals surface area contributed by atoms with E-state index in [1.165, 1.54) is 12.1 Å². The van der Waals surface area contributed by atoms with Crippen LogP contribution >= 0.6 is 24.0 Å². The van der Waals surface area contributed by atoms with Gasteiger partial charge >= 0.3 is 0 Å². The molecular formula is C22H34FIN4O2. The van der Waals surface area contributed by atoms with Gasteiger partial charge in [0.15, 0.2) is 5.96 Å². The summed E-state index contributed by atoms with van der Waals surface area (Å²) in [6.07, 6.45) is 2.67. The van der Waals surface area contributed by atoms with Crippen LogP contribution < -0.4 is 10.6 Å². The molecule has 1 amide bonds. The van der Waals surface area contributed by atoms with E-state index in [4.69, 9.17) is 4.74 Å². The van der Waals surface area contributed by atoms with Crippen molar-refractivity contribution in [1.29, 1.82) is 0 Å². The summed E-state index contributed by atoms with van der Waals surface area (Å²) in [6.45, 7) is 7.44. The molecule has 0 aromatic heterocycles. The monoisotopic (exact) mass is 532 g/mol. The van der Waals surface area contributed by atoms with Gasteiger partial charge in [0, 0.05) is 57.3 Å². The van der Waals surface area contributed by atoms with Crippen molar-refractivity contribution in [2.24, 2.45) is 10.9 Å². The van der Waals surface area contributed by atoms with E-state index in [1.54, 1.807) is 7.05 Å². The molecule has 1 atom stereocenters. The van der Waals surface area contributed by atoms with Gasteiger partial charge in [-0.15, -0.1) is 24.0 Å². The predicted molar refractivity (Wildman–Crippen MR) is 128 cm³/mol. The molecule has 2 saturated heterocycles. The van der Waals surface area contributed by atoms with Crippen molar-refractivity contribution in [2.75, 3.05) is 39.9 Å². The topological polar surface area (TPSA) is 66.0 Å². The molecule has 0 radical (unpaired) electrons. The Balaban J connectivity index is 0.00000320. The van der Waals surface area contributed by atoms with E-state index >= 15 is 0 Å². The highest BCUT2D eigenvalue weighted by molar-refractivity contribution is 14.0. The number of amides is 1. The van der Waals surface area contributed by atoms with Gasteiger partial charge in [-0.3, -0.25) is 9.79 Å². The minimum absolute atomic E-state index is 0. The maximum absolute atomic E-state index is 13.4. The highest BCUT2D eigenvalue weighted by atomic mass is 127. The smallest absolute Gasteiger partial charge is 0.225 e. The Morgan fingerprint density at radius 1 is 1.30 bits per heavy atom. The van der Waals surface area contributed by atoms with Crippen LogP contribution in [0.25, 0.3) is 0 Å². The summed E-state index contributed by atoms with van der Waals surface area (Å²) in [6, 6.07) is 7.01. The fraction of sp³-hybridized carbons (Fsp3) is 0.636. The lowest BCUT2D eigenvalue weighted by Gasteiger charge is -2.38. The first-order valence-electron chi connectivity index (χ1n) is 10.5. The molecule has 2 N–H and O–H groups in total. The molecule has 0 bridgehead atoms. The van der Waals surface area contributed by atoms with E-state index in [0.29, 0.717) is 26.3 Å². The van der Waals surface area contributed by atoms with Crippen molar-refractivity contribution in [2.45, 2.75) is 44.6 Å². The van der Waals surface area contributed by atoms with Crippen molar-refractivity contribution in [3.8, 4) is 0 Å². The lowest BCUT2D eigenvalue weighted by molar-refractivity contribution is -0.133. The normalized spacial score (nSPS) is 21.3. The Morgan fingerprint density at radius 3 is 2.57 bits per heavy atom. The number of nitrogens with one attached hydrogen (secondary N) is 2. The third kappa shape index (κ3) is 6.06. The summed E-state index contributed by atoms with van der Waals surface area (Å²) >= 11 is 0. The molecule has 2 aliphatic rings. The maximum Gasteiger partial charge on any atom is 0.225 e. The second-order valence-electron chi connectivity index (χ2n) is 8.39. The number of hydrogen-bond acceptors (Lipinski definition) is 3. The summed E-state index contributed by atoms with van der Waals surface area (Å²) in [5.41, 5.74) is 1.01. The van der Waals surface area contributed by atoms with Crippen molar-refractivity contribution in [1.82, 2.24) is 15.5 Å². The van der Waals surface area contributed by atoms with Crippen molar-refractivity contribution in [3.63, 3.8) is 0 Å². The number of carbonyl (C=O) groups excluding carboxylic acids is 1. The number of aliphatic imine (C=N–C) groups is 1. The first kappa shape index (κ1) is 24.8. The molecule has 2 aliphatic heterocycles.